The Bertz CT molecular complexity index is 309. The molecule has 5 heteroatoms. The van der Waals surface area contributed by atoms with Crippen LogP contribution in [0.2, 0.25) is 0 Å². The van der Waals surface area contributed by atoms with Crippen molar-refractivity contribution in [3.8, 4) is 0 Å². The Hall–Kier alpha value is -0.810. The number of carbonyl (C=O) groups is 1. The Labute approximate surface area is 123 Å². The Balaban J connectivity index is 2.30. The number of hydrogen-bond acceptors (Lipinski definition) is 3. The first kappa shape index (κ1) is 17.2. The third-order valence-corrected chi connectivity index (χ3v) is 4.57. The Kier molecular flexibility index (Phi) is 6.76. The molecule has 1 saturated carbocycles. The van der Waals surface area contributed by atoms with Gasteiger partial charge in [-0.15, -0.1) is 0 Å². The van der Waals surface area contributed by atoms with Gasteiger partial charge in [0.15, 0.2) is 0 Å². The average Bonchev–Trinajstić information content (AvgIpc) is 2.76. The molecule has 0 aromatic carbocycles. The predicted octanol–water partition coefficient (Wildman–Crippen LogP) is 1.57. The van der Waals surface area contributed by atoms with Gasteiger partial charge in [-0.25, -0.2) is 4.79 Å². The monoisotopic (exact) mass is 285 g/mol. The maximum absolute atomic E-state index is 11.9. The molecule has 1 aliphatic rings. The van der Waals surface area contributed by atoms with Gasteiger partial charge in [0.1, 0.15) is 0 Å². The summed E-state index contributed by atoms with van der Waals surface area (Å²) in [5.74, 6) is 0. The maximum atomic E-state index is 11.9. The number of nitrogens with zero attached hydrogens (tertiary/aromatic N) is 1. The van der Waals surface area contributed by atoms with Gasteiger partial charge >= 0.3 is 6.03 Å². The fourth-order valence-corrected chi connectivity index (χ4v) is 2.97. The molecule has 0 spiro atoms. The molecular weight excluding hydrogens is 254 g/mol. The van der Waals surface area contributed by atoms with Crippen LogP contribution >= 0.6 is 0 Å². The summed E-state index contributed by atoms with van der Waals surface area (Å²) in [6.45, 7) is 11.1. The molecule has 0 bridgehead atoms. The van der Waals surface area contributed by atoms with Crippen LogP contribution in [-0.4, -0.2) is 54.4 Å². The van der Waals surface area contributed by atoms with E-state index in [4.69, 9.17) is 0 Å². The van der Waals surface area contributed by atoms with E-state index in [2.05, 4.69) is 36.3 Å². The number of urea groups is 1. The lowest BCUT2D eigenvalue weighted by molar-refractivity contribution is 0.121. The number of rotatable bonds is 7. The Morgan fingerprint density at radius 2 is 2.20 bits per heavy atom. The summed E-state index contributed by atoms with van der Waals surface area (Å²) in [6, 6.07) is 0.466. The molecule has 0 aromatic heterocycles. The second-order valence-electron chi connectivity index (χ2n) is 6.38. The molecule has 118 valence electrons. The van der Waals surface area contributed by atoms with Crippen LogP contribution in [0.3, 0.4) is 0 Å². The Morgan fingerprint density at radius 3 is 2.75 bits per heavy atom. The smallest absolute Gasteiger partial charge is 0.315 e. The first-order chi connectivity index (χ1) is 9.42. The lowest BCUT2D eigenvalue weighted by Gasteiger charge is -2.30. The van der Waals surface area contributed by atoms with E-state index in [9.17, 15) is 9.90 Å². The van der Waals surface area contributed by atoms with Crippen molar-refractivity contribution in [2.24, 2.45) is 5.41 Å². The number of nitrogens with one attached hydrogen (secondary N) is 2. The van der Waals surface area contributed by atoms with Gasteiger partial charge in [0.25, 0.3) is 0 Å². The first-order valence-corrected chi connectivity index (χ1v) is 7.82. The number of aliphatic hydroxyl groups excluding tert-OH is 1. The van der Waals surface area contributed by atoms with E-state index in [1.54, 1.807) is 0 Å². The van der Waals surface area contributed by atoms with Crippen molar-refractivity contribution in [3.05, 3.63) is 0 Å². The minimum Gasteiger partial charge on any atom is -0.396 e. The second kappa shape index (κ2) is 7.84. The zero-order valence-corrected chi connectivity index (χ0v) is 13.4. The highest BCUT2D eigenvalue weighted by Gasteiger charge is 2.39. The third-order valence-electron chi connectivity index (χ3n) is 4.57. The van der Waals surface area contributed by atoms with Crippen LogP contribution in [0, 0.1) is 5.41 Å². The minimum atomic E-state index is -0.162. The molecule has 1 aliphatic carbocycles. The van der Waals surface area contributed by atoms with Crippen LogP contribution in [0.25, 0.3) is 0 Å². The number of likely N-dealkylation sites (N-methyl/N-ethyl adjacent to an activating group) is 1. The molecule has 0 aromatic rings. The zero-order chi connectivity index (χ0) is 15.2. The van der Waals surface area contributed by atoms with Gasteiger partial charge in [0.2, 0.25) is 0 Å². The lowest BCUT2D eigenvalue weighted by Crippen LogP contribution is -2.50. The lowest BCUT2D eigenvalue weighted by atomic mass is 9.86. The van der Waals surface area contributed by atoms with Gasteiger partial charge in [-0.1, -0.05) is 20.3 Å². The minimum absolute atomic E-state index is 0.0832. The SMILES string of the molecule is CCN(CCNC(=O)NC1CCCC1(C)CO)C(C)C. The van der Waals surface area contributed by atoms with Crippen LogP contribution < -0.4 is 10.6 Å². The zero-order valence-electron chi connectivity index (χ0n) is 13.4. The topological polar surface area (TPSA) is 64.6 Å². The highest BCUT2D eigenvalue weighted by Crippen LogP contribution is 2.37. The molecule has 20 heavy (non-hydrogen) atoms. The van der Waals surface area contributed by atoms with Crippen molar-refractivity contribution >= 4 is 6.03 Å². The molecule has 0 radical (unpaired) electrons. The van der Waals surface area contributed by atoms with Crippen LogP contribution in [0.5, 0.6) is 0 Å². The van der Waals surface area contributed by atoms with Crippen molar-refractivity contribution < 1.29 is 9.90 Å². The van der Waals surface area contributed by atoms with Crippen molar-refractivity contribution in [1.82, 2.24) is 15.5 Å². The van der Waals surface area contributed by atoms with Crippen LogP contribution in [0.1, 0.15) is 47.0 Å². The van der Waals surface area contributed by atoms with Crippen LogP contribution in [0.4, 0.5) is 4.79 Å². The summed E-state index contributed by atoms with van der Waals surface area (Å²) in [5, 5.41) is 15.4. The van der Waals surface area contributed by atoms with Gasteiger partial charge in [0.05, 0.1) is 6.61 Å². The van der Waals surface area contributed by atoms with Crippen molar-refractivity contribution in [1.29, 1.82) is 0 Å². The molecule has 1 rings (SSSR count). The van der Waals surface area contributed by atoms with E-state index >= 15 is 0 Å². The van der Waals surface area contributed by atoms with Crippen LogP contribution in [0.15, 0.2) is 0 Å². The average molecular weight is 285 g/mol. The predicted molar refractivity (Wildman–Crippen MR) is 81.7 cm³/mol. The molecule has 2 amide bonds. The van der Waals surface area contributed by atoms with Gasteiger partial charge in [0, 0.05) is 30.6 Å². The van der Waals surface area contributed by atoms with Gasteiger partial charge < -0.3 is 15.7 Å². The number of amides is 2. The summed E-state index contributed by atoms with van der Waals surface area (Å²) in [6.07, 6.45) is 3.00. The molecule has 0 saturated heterocycles. The fourth-order valence-electron chi connectivity index (χ4n) is 2.97. The van der Waals surface area contributed by atoms with Gasteiger partial charge in [-0.3, -0.25) is 4.90 Å². The highest BCUT2D eigenvalue weighted by atomic mass is 16.3. The van der Waals surface area contributed by atoms with E-state index in [1.165, 1.54) is 0 Å². The number of aliphatic hydroxyl groups is 1. The molecule has 2 atom stereocenters. The summed E-state index contributed by atoms with van der Waals surface area (Å²) in [4.78, 5) is 14.2. The highest BCUT2D eigenvalue weighted by molar-refractivity contribution is 5.74. The van der Waals surface area contributed by atoms with E-state index in [0.717, 1.165) is 32.4 Å². The third kappa shape index (κ3) is 4.63. The van der Waals surface area contributed by atoms with Gasteiger partial charge in [-0.2, -0.15) is 0 Å². The standard InChI is InChI=1S/C15H31N3O2/c1-5-18(12(2)3)10-9-16-14(20)17-13-7-6-8-15(13,4)11-19/h12-13,19H,5-11H2,1-4H3,(H2,16,17,20). The number of carbonyl (C=O) groups excluding carboxylic acids is 1. The summed E-state index contributed by atoms with van der Waals surface area (Å²) < 4.78 is 0. The summed E-state index contributed by atoms with van der Waals surface area (Å²) >= 11 is 0. The van der Waals surface area contributed by atoms with Crippen molar-refractivity contribution in [2.45, 2.75) is 59.0 Å². The quantitative estimate of drug-likeness (QED) is 0.665. The maximum Gasteiger partial charge on any atom is 0.315 e. The van der Waals surface area contributed by atoms with Crippen molar-refractivity contribution in [2.75, 3.05) is 26.2 Å². The van der Waals surface area contributed by atoms with Gasteiger partial charge in [-0.05, 0) is 33.2 Å². The van der Waals surface area contributed by atoms with E-state index in [1.807, 2.05) is 6.92 Å². The first-order valence-electron chi connectivity index (χ1n) is 7.82. The second-order valence-corrected chi connectivity index (χ2v) is 6.38. The molecule has 2 unspecified atom stereocenters. The van der Waals surface area contributed by atoms with E-state index < -0.39 is 0 Å². The van der Waals surface area contributed by atoms with Crippen LogP contribution in [-0.2, 0) is 0 Å². The summed E-state index contributed by atoms with van der Waals surface area (Å²) in [7, 11) is 0. The van der Waals surface area contributed by atoms with Crippen molar-refractivity contribution in [3.63, 3.8) is 0 Å². The fraction of sp³-hybridized carbons (Fsp3) is 0.933. The largest absolute Gasteiger partial charge is 0.396 e. The molecule has 0 heterocycles. The molecule has 3 N–H and O–H groups in total. The summed E-state index contributed by atoms with van der Waals surface area (Å²) in [5.41, 5.74) is -0.162. The molecule has 1 fully saturated rings. The van der Waals surface area contributed by atoms with E-state index in [0.29, 0.717) is 12.6 Å². The molecule has 5 nitrogen and oxygen atoms in total. The normalized spacial score (nSPS) is 26.2. The molecular formula is C15H31N3O2. The molecule has 0 aliphatic heterocycles. The Morgan fingerprint density at radius 1 is 1.50 bits per heavy atom. The van der Waals surface area contributed by atoms with E-state index in [-0.39, 0.29) is 24.1 Å². The number of hydrogen-bond donors (Lipinski definition) is 3.